The van der Waals surface area contributed by atoms with Crippen molar-refractivity contribution in [1.82, 2.24) is 9.62 Å². The number of carbonyl (C=O) groups is 1. The molecule has 0 aliphatic carbocycles. The SMILES string of the molecule is CSc1ccc(S(=O)(=O)N(C)CC(=O)NCCCc2ccc(F)cc2)cc1. The predicted molar refractivity (Wildman–Crippen MR) is 106 cm³/mol. The minimum absolute atomic E-state index is 0.159. The number of rotatable bonds is 9. The lowest BCUT2D eigenvalue weighted by Gasteiger charge is -2.17. The summed E-state index contributed by atoms with van der Waals surface area (Å²) in [7, 11) is -2.32. The standard InChI is InChI=1S/C19H23FN2O3S2/c1-22(27(24,25)18-11-9-17(26-2)10-12-18)14-19(23)21-13-3-4-15-5-7-16(20)8-6-15/h5-12H,3-4,13-14H2,1-2H3,(H,21,23). The number of amides is 1. The van der Waals surface area contributed by atoms with Crippen LogP contribution in [-0.2, 0) is 21.2 Å². The van der Waals surface area contributed by atoms with Gasteiger partial charge in [0, 0.05) is 18.5 Å². The number of hydrogen-bond donors (Lipinski definition) is 1. The second kappa shape index (κ2) is 9.87. The normalized spacial score (nSPS) is 11.6. The number of aryl methyl sites for hydroxylation is 1. The Labute approximate surface area is 164 Å². The van der Waals surface area contributed by atoms with Crippen molar-refractivity contribution < 1.29 is 17.6 Å². The molecular weight excluding hydrogens is 387 g/mol. The summed E-state index contributed by atoms with van der Waals surface area (Å²) in [6, 6.07) is 12.8. The average molecular weight is 411 g/mol. The first-order valence-electron chi connectivity index (χ1n) is 8.44. The first kappa shape index (κ1) is 21.4. The van der Waals surface area contributed by atoms with Crippen LogP contribution in [0.5, 0.6) is 0 Å². The number of hydrogen-bond acceptors (Lipinski definition) is 4. The van der Waals surface area contributed by atoms with Crippen LogP contribution < -0.4 is 5.32 Å². The number of thioether (sulfide) groups is 1. The molecule has 0 heterocycles. The third-order valence-corrected chi connectivity index (χ3v) is 6.57. The monoisotopic (exact) mass is 410 g/mol. The maximum Gasteiger partial charge on any atom is 0.243 e. The highest BCUT2D eigenvalue weighted by Crippen LogP contribution is 2.19. The highest BCUT2D eigenvalue weighted by atomic mass is 32.2. The molecule has 0 atom stereocenters. The van der Waals surface area contributed by atoms with E-state index in [4.69, 9.17) is 0 Å². The van der Waals surface area contributed by atoms with E-state index in [1.807, 2.05) is 6.26 Å². The Bertz CT molecular complexity index is 854. The molecule has 0 fully saturated rings. The lowest BCUT2D eigenvalue weighted by atomic mass is 10.1. The summed E-state index contributed by atoms with van der Waals surface area (Å²) in [6.45, 7) is 0.176. The van der Waals surface area contributed by atoms with E-state index in [0.717, 1.165) is 14.8 Å². The van der Waals surface area contributed by atoms with Gasteiger partial charge < -0.3 is 5.32 Å². The number of sulfonamides is 1. The number of halogens is 1. The molecule has 27 heavy (non-hydrogen) atoms. The molecular formula is C19H23FN2O3S2. The van der Waals surface area contributed by atoms with Gasteiger partial charge in [0.25, 0.3) is 0 Å². The Morgan fingerprint density at radius 2 is 1.74 bits per heavy atom. The van der Waals surface area contributed by atoms with E-state index in [1.165, 1.54) is 43.1 Å². The van der Waals surface area contributed by atoms with Crippen molar-refractivity contribution in [3.05, 3.63) is 59.9 Å². The highest BCUT2D eigenvalue weighted by molar-refractivity contribution is 7.98. The van der Waals surface area contributed by atoms with Gasteiger partial charge in [-0.15, -0.1) is 11.8 Å². The number of likely N-dealkylation sites (N-methyl/N-ethyl adjacent to an activating group) is 1. The van der Waals surface area contributed by atoms with Gasteiger partial charge in [0.05, 0.1) is 11.4 Å². The molecule has 2 rings (SSSR count). The van der Waals surface area contributed by atoms with Gasteiger partial charge in [0.2, 0.25) is 15.9 Å². The molecule has 8 heteroatoms. The molecule has 0 radical (unpaired) electrons. The molecule has 146 valence electrons. The van der Waals surface area contributed by atoms with Gasteiger partial charge in [-0.25, -0.2) is 12.8 Å². The minimum atomic E-state index is -3.71. The van der Waals surface area contributed by atoms with E-state index in [9.17, 15) is 17.6 Å². The van der Waals surface area contributed by atoms with Crippen LogP contribution in [0.2, 0.25) is 0 Å². The summed E-state index contributed by atoms with van der Waals surface area (Å²) >= 11 is 1.53. The van der Waals surface area contributed by atoms with Crippen LogP contribution in [0, 0.1) is 5.82 Å². The maximum atomic E-state index is 12.8. The molecule has 0 saturated heterocycles. The third-order valence-electron chi connectivity index (χ3n) is 4.01. The van der Waals surface area contributed by atoms with Crippen molar-refractivity contribution in [3.8, 4) is 0 Å². The maximum absolute atomic E-state index is 12.8. The molecule has 5 nitrogen and oxygen atoms in total. The quantitative estimate of drug-likeness (QED) is 0.510. The number of nitrogens with zero attached hydrogens (tertiary/aromatic N) is 1. The fraction of sp³-hybridized carbons (Fsp3) is 0.316. The number of benzene rings is 2. The molecule has 0 aliphatic rings. The Morgan fingerprint density at radius 1 is 1.11 bits per heavy atom. The van der Waals surface area contributed by atoms with Crippen LogP contribution >= 0.6 is 11.8 Å². The van der Waals surface area contributed by atoms with Crippen molar-refractivity contribution in [1.29, 1.82) is 0 Å². The van der Waals surface area contributed by atoms with E-state index in [0.29, 0.717) is 19.4 Å². The smallest absolute Gasteiger partial charge is 0.243 e. The summed E-state index contributed by atoms with van der Waals surface area (Å²) in [4.78, 5) is 13.1. The van der Waals surface area contributed by atoms with E-state index >= 15 is 0 Å². The van der Waals surface area contributed by atoms with Crippen LogP contribution in [0.4, 0.5) is 4.39 Å². The average Bonchev–Trinajstić information content (AvgIpc) is 2.66. The van der Waals surface area contributed by atoms with E-state index in [-0.39, 0.29) is 23.2 Å². The summed E-state index contributed by atoms with van der Waals surface area (Å²) in [5, 5.41) is 2.71. The minimum Gasteiger partial charge on any atom is -0.355 e. The van der Waals surface area contributed by atoms with Gasteiger partial charge in [-0.1, -0.05) is 12.1 Å². The molecule has 1 amide bonds. The highest BCUT2D eigenvalue weighted by Gasteiger charge is 2.22. The van der Waals surface area contributed by atoms with Crippen molar-refractivity contribution >= 4 is 27.7 Å². The Kier molecular flexibility index (Phi) is 7.82. The molecule has 0 aromatic heterocycles. The van der Waals surface area contributed by atoms with Crippen LogP contribution in [0.1, 0.15) is 12.0 Å². The summed E-state index contributed by atoms with van der Waals surface area (Å²) in [6.07, 6.45) is 3.30. The lowest BCUT2D eigenvalue weighted by Crippen LogP contribution is -2.38. The second-order valence-corrected chi connectivity index (χ2v) is 8.94. The fourth-order valence-corrected chi connectivity index (χ4v) is 3.98. The summed E-state index contributed by atoms with van der Waals surface area (Å²) in [5.74, 6) is -0.639. The molecule has 0 bridgehead atoms. The van der Waals surface area contributed by atoms with Gasteiger partial charge in [-0.3, -0.25) is 4.79 Å². The molecule has 0 aliphatic heterocycles. The Hall–Kier alpha value is -1.90. The van der Waals surface area contributed by atoms with Gasteiger partial charge in [-0.2, -0.15) is 4.31 Å². The van der Waals surface area contributed by atoms with E-state index < -0.39 is 10.0 Å². The van der Waals surface area contributed by atoms with Crippen LogP contribution in [0.3, 0.4) is 0 Å². The van der Waals surface area contributed by atoms with Gasteiger partial charge in [0.1, 0.15) is 5.82 Å². The van der Waals surface area contributed by atoms with Crippen LogP contribution in [0.15, 0.2) is 58.3 Å². The predicted octanol–water partition coefficient (Wildman–Crippen LogP) is 2.92. The summed E-state index contributed by atoms with van der Waals surface area (Å²) in [5.41, 5.74) is 0.985. The first-order chi connectivity index (χ1) is 12.8. The van der Waals surface area contributed by atoms with Crippen molar-refractivity contribution in [2.75, 3.05) is 26.4 Å². The zero-order valence-electron chi connectivity index (χ0n) is 15.3. The molecule has 0 unspecified atom stereocenters. The number of nitrogens with one attached hydrogen (secondary N) is 1. The Morgan fingerprint density at radius 3 is 2.33 bits per heavy atom. The van der Waals surface area contributed by atoms with Crippen LogP contribution in [-0.4, -0.2) is 45.0 Å². The second-order valence-electron chi connectivity index (χ2n) is 6.02. The van der Waals surface area contributed by atoms with Gasteiger partial charge in [-0.05, 0) is 61.1 Å². The zero-order valence-corrected chi connectivity index (χ0v) is 16.9. The molecule has 2 aromatic carbocycles. The Balaban J connectivity index is 1.80. The van der Waals surface area contributed by atoms with Crippen molar-refractivity contribution in [2.24, 2.45) is 0 Å². The van der Waals surface area contributed by atoms with Crippen molar-refractivity contribution in [2.45, 2.75) is 22.6 Å². The fourth-order valence-electron chi connectivity index (χ4n) is 2.44. The van der Waals surface area contributed by atoms with Crippen molar-refractivity contribution in [3.63, 3.8) is 0 Å². The lowest BCUT2D eigenvalue weighted by molar-refractivity contribution is -0.121. The molecule has 1 N–H and O–H groups in total. The van der Waals surface area contributed by atoms with Gasteiger partial charge in [0.15, 0.2) is 0 Å². The molecule has 2 aromatic rings. The topological polar surface area (TPSA) is 66.5 Å². The largest absolute Gasteiger partial charge is 0.355 e. The van der Waals surface area contributed by atoms with E-state index in [1.54, 1.807) is 24.3 Å². The van der Waals surface area contributed by atoms with E-state index in [2.05, 4.69) is 5.32 Å². The summed E-state index contributed by atoms with van der Waals surface area (Å²) < 4.78 is 38.9. The van der Waals surface area contributed by atoms with Gasteiger partial charge >= 0.3 is 0 Å². The van der Waals surface area contributed by atoms with Crippen LogP contribution in [0.25, 0.3) is 0 Å². The first-order valence-corrected chi connectivity index (χ1v) is 11.1. The molecule has 0 spiro atoms. The molecule has 0 saturated carbocycles. The third kappa shape index (κ3) is 6.34. The zero-order chi connectivity index (χ0) is 19.9. The number of carbonyl (C=O) groups excluding carboxylic acids is 1.